The third-order valence-electron chi connectivity index (χ3n) is 5.54. The SMILES string of the molecule is C[C@H](Nc1nc(Cl)nc2nc(Cl)cnc12)c1cc2cccc(C(F)(F)F)c2c(=O)n1-c1ccccc1. The molecule has 5 rings (SSSR count). The average molecular weight is 531 g/mol. The molecule has 0 bridgehead atoms. The Bertz CT molecular complexity index is 1670. The van der Waals surface area contributed by atoms with Crippen LogP contribution in [0.1, 0.15) is 24.2 Å². The predicted molar refractivity (Wildman–Crippen MR) is 132 cm³/mol. The summed E-state index contributed by atoms with van der Waals surface area (Å²) in [5.41, 5.74) is -0.560. The van der Waals surface area contributed by atoms with Gasteiger partial charge in [0.25, 0.3) is 5.56 Å². The molecule has 0 radical (unpaired) electrons. The van der Waals surface area contributed by atoms with Gasteiger partial charge < -0.3 is 5.32 Å². The van der Waals surface area contributed by atoms with Gasteiger partial charge in [-0.05, 0) is 48.2 Å². The van der Waals surface area contributed by atoms with Gasteiger partial charge in [0.15, 0.2) is 17.0 Å². The first kappa shape index (κ1) is 24.0. The van der Waals surface area contributed by atoms with Crippen LogP contribution in [0.15, 0.2) is 65.6 Å². The van der Waals surface area contributed by atoms with Crippen LogP contribution in [0.3, 0.4) is 0 Å². The lowest BCUT2D eigenvalue weighted by Crippen LogP contribution is -2.27. The molecule has 0 spiro atoms. The highest BCUT2D eigenvalue weighted by Crippen LogP contribution is 2.35. The van der Waals surface area contributed by atoms with E-state index in [1.807, 2.05) is 0 Å². The monoisotopic (exact) mass is 530 g/mol. The number of alkyl halides is 3. The van der Waals surface area contributed by atoms with Crippen LogP contribution in [-0.4, -0.2) is 24.5 Å². The van der Waals surface area contributed by atoms with Gasteiger partial charge in [0.05, 0.1) is 23.2 Å². The lowest BCUT2D eigenvalue weighted by Gasteiger charge is -2.22. The quantitative estimate of drug-likeness (QED) is 0.277. The van der Waals surface area contributed by atoms with E-state index in [-0.39, 0.29) is 32.8 Å². The zero-order valence-electron chi connectivity index (χ0n) is 18.4. The normalized spacial score (nSPS) is 12.7. The molecule has 1 atom stereocenters. The third kappa shape index (κ3) is 4.33. The molecule has 12 heteroatoms. The Morgan fingerprint density at radius 3 is 2.47 bits per heavy atom. The second-order valence-electron chi connectivity index (χ2n) is 7.89. The Morgan fingerprint density at radius 1 is 1.00 bits per heavy atom. The fourth-order valence-electron chi connectivity index (χ4n) is 4.02. The van der Waals surface area contributed by atoms with Crippen molar-refractivity contribution in [1.29, 1.82) is 0 Å². The van der Waals surface area contributed by atoms with E-state index >= 15 is 0 Å². The number of aromatic nitrogens is 5. The lowest BCUT2D eigenvalue weighted by atomic mass is 10.0. The van der Waals surface area contributed by atoms with Gasteiger partial charge in [0.1, 0.15) is 5.15 Å². The van der Waals surface area contributed by atoms with Gasteiger partial charge in [-0.15, -0.1) is 0 Å². The minimum atomic E-state index is -4.70. The van der Waals surface area contributed by atoms with Gasteiger partial charge in [-0.3, -0.25) is 9.36 Å². The summed E-state index contributed by atoms with van der Waals surface area (Å²) in [6.07, 6.45) is -3.37. The Kier molecular flexibility index (Phi) is 6.01. The third-order valence-corrected chi connectivity index (χ3v) is 5.89. The lowest BCUT2D eigenvalue weighted by molar-refractivity contribution is -0.136. The standard InChI is InChI=1S/C24H15Cl2F3N6O/c1-12(31-20-19-21(34-23(26)33-20)32-17(25)11-30-19)16-10-13-6-5-9-15(24(27,28)29)18(13)22(36)35(16)14-7-3-2-4-8-14/h2-12H,1H3,(H,31,32,33,34)/t12-/m0/s1. The van der Waals surface area contributed by atoms with Crippen molar-refractivity contribution >= 4 is 51.0 Å². The molecule has 3 heterocycles. The topological polar surface area (TPSA) is 85.6 Å². The number of nitrogens with zero attached hydrogens (tertiary/aromatic N) is 5. The van der Waals surface area contributed by atoms with Crippen LogP contribution in [0.4, 0.5) is 19.0 Å². The first-order valence-corrected chi connectivity index (χ1v) is 11.3. The zero-order chi connectivity index (χ0) is 25.6. The van der Waals surface area contributed by atoms with Crippen LogP contribution >= 0.6 is 23.2 Å². The van der Waals surface area contributed by atoms with E-state index in [0.29, 0.717) is 11.4 Å². The summed E-state index contributed by atoms with van der Waals surface area (Å²) in [7, 11) is 0. The number of nitrogens with one attached hydrogen (secondary N) is 1. The van der Waals surface area contributed by atoms with Crippen LogP contribution in [0.25, 0.3) is 27.6 Å². The molecular weight excluding hydrogens is 516 g/mol. The molecule has 36 heavy (non-hydrogen) atoms. The van der Waals surface area contributed by atoms with Crippen molar-refractivity contribution in [3.63, 3.8) is 0 Å². The molecule has 0 unspecified atom stereocenters. The summed E-state index contributed by atoms with van der Waals surface area (Å²) in [5.74, 6) is 0.220. The fourth-order valence-corrected chi connectivity index (χ4v) is 4.31. The van der Waals surface area contributed by atoms with Crippen molar-refractivity contribution in [2.75, 3.05) is 5.32 Å². The van der Waals surface area contributed by atoms with Crippen molar-refractivity contribution in [2.45, 2.75) is 19.1 Å². The van der Waals surface area contributed by atoms with Crippen LogP contribution < -0.4 is 10.9 Å². The fraction of sp³-hybridized carbons (Fsp3) is 0.125. The van der Waals surface area contributed by atoms with Gasteiger partial charge >= 0.3 is 6.18 Å². The Balaban J connectivity index is 1.73. The molecule has 182 valence electrons. The summed E-state index contributed by atoms with van der Waals surface area (Å²) in [5, 5.41) is 2.89. The second kappa shape index (κ2) is 9.03. The molecule has 0 aliphatic carbocycles. The Hall–Kier alpha value is -3.76. The van der Waals surface area contributed by atoms with Crippen molar-refractivity contribution in [2.24, 2.45) is 0 Å². The molecule has 0 saturated carbocycles. The van der Waals surface area contributed by atoms with Crippen molar-refractivity contribution < 1.29 is 13.2 Å². The minimum Gasteiger partial charge on any atom is -0.360 e. The van der Waals surface area contributed by atoms with E-state index in [4.69, 9.17) is 23.2 Å². The van der Waals surface area contributed by atoms with Gasteiger partial charge in [0.2, 0.25) is 5.28 Å². The van der Waals surface area contributed by atoms with E-state index in [1.165, 1.54) is 22.9 Å². The summed E-state index contributed by atoms with van der Waals surface area (Å²) in [6.45, 7) is 1.73. The number of anilines is 1. The van der Waals surface area contributed by atoms with Crippen molar-refractivity contribution in [3.05, 3.63) is 92.8 Å². The van der Waals surface area contributed by atoms with E-state index in [2.05, 4.69) is 25.3 Å². The second-order valence-corrected chi connectivity index (χ2v) is 8.61. The number of hydrogen-bond acceptors (Lipinski definition) is 6. The summed E-state index contributed by atoms with van der Waals surface area (Å²) in [6, 6.07) is 13.0. The summed E-state index contributed by atoms with van der Waals surface area (Å²) in [4.78, 5) is 30.2. The summed E-state index contributed by atoms with van der Waals surface area (Å²) >= 11 is 12.0. The number of halogens is 5. The number of fused-ring (bicyclic) bond motifs is 2. The van der Waals surface area contributed by atoms with E-state index in [1.54, 1.807) is 43.3 Å². The van der Waals surface area contributed by atoms with Crippen LogP contribution in [0.2, 0.25) is 10.4 Å². The van der Waals surface area contributed by atoms with E-state index in [0.717, 1.165) is 6.07 Å². The molecule has 0 amide bonds. The molecule has 0 fully saturated rings. The number of benzene rings is 2. The molecule has 0 aliphatic heterocycles. The van der Waals surface area contributed by atoms with Gasteiger partial charge in [0, 0.05) is 11.4 Å². The molecule has 5 aromatic rings. The maximum Gasteiger partial charge on any atom is 0.417 e. The molecule has 0 aliphatic rings. The van der Waals surface area contributed by atoms with E-state index in [9.17, 15) is 18.0 Å². The Morgan fingerprint density at radius 2 is 1.75 bits per heavy atom. The highest BCUT2D eigenvalue weighted by atomic mass is 35.5. The van der Waals surface area contributed by atoms with Gasteiger partial charge in [-0.2, -0.15) is 23.1 Å². The van der Waals surface area contributed by atoms with Crippen molar-refractivity contribution in [3.8, 4) is 5.69 Å². The molecule has 2 aromatic carbocycles. The highest BCUT2D eigenvalue weighted by Gasteiger charge is 2.34. The molecule has 0 saturated heterocycles. The zero-order valence-corrected chi connectivity index (χ0v) is 19.9. The Labute approximate surface area is 211 Å². The van der Waals surface area contributed by atoms with Gasteiger partial charge in [-0.1, -0.05) is 41.9 Å². The molecule has 7 nitrogen and oxygen atoms in total. The van der Waals surface area contributed by atoms with Crippen LogP contribution in [0, 0.1) is 0 Å². The average Bonchev–Trinajstić information content (AvgIpc) is 2.83. The van der Waals surface area contributed by atoms with Gasteiger partial charge in [-0.25, -0.2) is 9.97 Å². The largest absolute Gasteiger partial charge is 0.417 e. The smallest absolute Gasteiger partial charge is 0.360 e. The molecule has 3 aromatic heterocycles. The summed E-state index contributed by atoms with van der Waals surface area (Å²) < 4.78 is 42.6. The van der Waals surface area contributed by atoms with E-state index < -0.39 is 28.7 Å². The molecular formula is C24H15Cl2F3N6O. The highest BCUT2D eigenvalue weighted by molar-refractivity contribution is 6.30. The molecule has 1 N–H and O–H groups in total. The number of hydrogen-bond donors (Lipinski definition) is 1. The minimum absolute atomic E-state index is 0.109. The number of rotatable bonds is 4. The maximum absolute atomic E-state index is 13.8. The number of pyridine rings is 1. The van der Waals surface area contributed by atoms with Crippen LogP contribution in [-0.2, 0) is 6.18 Å². The van der Waals surface area contributed by atoms with Crippen LogP contribution in [0.5, 0.6) is 0 Å². The first-order chi connectivity index (χ1) is 17.1. The maximum atomic E-state index is 13.8. The predicted octanol–water partition coefficient (Wildman–Crippen LogP) is 6.22. The first-order valence-electron chi connectivity index (χ1n) is 10.6. The number of para-hydroxylation sites is 1. The van der Waals surface area contributed by atoms with Crippen molar-refractivity contribution in [1.82, 2.24) is 24.5 Å².